The molecule has 180 valence electrons. The van der Waals surface area contributed by atoms with Crippen LogP contribution in [0.25, 0.3) is 0 Å². The second-order valence-electron chi connectivity index (χ2n) is 10.5. The van der Waals surface area contributed by atoms with Crippen LogP contribution in [0.3, 0.4) is 0 Å². The van der Waals surface area contributed by atoms with Gasteiger partial charge in [0.05, 0.1) is 18.3 Å². The molecular formula is C22H34N8O3. The summed E-state index contributed by atoms with van der Waals surface area (Å²) in [5, 5.41) is 25.9. The Labute approximate surface area is 193 Å². The molecule has 1 saturated heterocycles. The number of aromatic nitrogens is 6. The van der Waals surface area contributed by atoms with Gasteiger partial charge in [-0.3, -0.25) is 9.59 Å². The molecule has 0 radical (unpaired) electrons. The molecule has 4 rings (SSSR count). The summed E-state index contributed by atoms with van der Waals surface area (Å²) < 4.78 is 3.37. The van der Waals surface area contributed by atoms with Crippen molar-refractivity contribution < 1.29 is 14.7 Å². The zero-order chi connectivity index (χ0) is 23.9. The molecule has 3 atom stereocenters. The summed E-state index contributed by atoms with van der Waals surface area (Å²) >= 11 is 0. The van der Waals surface area contributed by atoms with Crippen molar-refractivity contribution in [3.8, 4) is 0 Å². The lowest BCUT2D eigenvalue weighted by Crippen LogP contribution is -2.50. The van der Waals surface area contributed by atoms with Gasteiger partial charge in [-0.1, -0.05) is 26.0 Å². The first-order valence-electron chi connectivity index (χ1n) is 11.6. The average molecular weight is 459 g/mol. The van der Waals surface area contributed by atoms with Gasteiger partial charge in [-0.25, -0.2) is 14.3 Å². The van der Waals surface area contributed by atoms with Crippen LogP contribution in [0.4, 0.5) is 0 Å². The Morgan fingerprint density at radius 3 is 2.64 bits per heavy atom. The van der Waals surface area contributed by atoms with E-state index in [-0.39, 0.29) is 37.4 Å². The monoisotopic (exact) mass is 458 g/mol. The third-order valence-electron chi connectivity index (χ3n) is 6.26. The number of rotatable bonds is 7. The number of hydrogen-bond donors (Lipinski definition) is 2. The first kappa shape index (κ1) is 23.3. The average Bonchev–Trinajstić information content (AvgIpc) is 3.13. The number of aliphatic hydroxyl groups is 1. The Morgan fingerprint density at radius 2 is 2.00 bits per heavy atom. The van der Waals surface area contributed by atoms with Crippen LogP contribution in [0.1, 0.15) is 83.4 Å². The van der Waals surface area contributed by atoms with Gasteiger partial charge in [0.2, 0.25) is 11.8 Å². The number of carbonyl (C=O) groups excluding carboxylic acids is 2. The number of carbonyl (C=O) groups is 2. The number of likely N-dealkylation sites (tertiary alicyclic amines) is 1. The summed E-state index contributed by atoms with van der Waals surface area (Å²) in [5.41, 5.74) is 0.440. The molecule has 1 aliphatic carbocycles. The number of aliphatic hydroxyl groups excluding tert-OH is 1. The van der Waals surface area contributed by atoms with Crippen molar-refractivity contribution in [3.63, 3.8) is 0 Å². The SMILES string of the molecule is CC(C)n1ncnc1CNC(=O)[C@@H]1C[C@@H](O)CN1C(=O)[C@@H](n1cc(C2CC2)nn1)C(C)(C)C. The quantitative estimate of drug-likeness (QED) is 0.637. The fraction of sp³-hybridized carbons (Fsp3) is 0.727. The number of amides is 2. The molecule has 2 N–H and O–H groups in total. The second-order valence-corrected chi connectivity index (χ2v) is 10.5. The molecule has 0 aromatic carbocycles. The van der Waals surface area contributed by atoms with Crippen molar-refractivity contribution in [2.75, 3.05) is 6.54 Å². The summed E-state index contributed by atoms with van der Waals surface area (Å²) in [6.07, 6.45) is 4.93. The molecule has 1 aliphatic heterocycles. The Kier molecular flexibility index (Phi) is 6.26. The van der Waals surface area contributed by atoms with Gasteiger partial charge in [0, 0.05) is 31.1 Å². The van der Waals surface area contributed by atoms with Gasteiger partial charge in [-0.2, -0.15) is 5.10 Å². The largest absolute Gasteiger partial charge is 0.391 e. The Morgan fingerprint density at radius 1 is 1.27 bits per heavy atom. The summed E-state index contributed by atoms with van der Waals surface area (Å²) in [6.45, 7) is 10.2. The molecule has 0 unspecified atom stereocenters. The smallest absolute Gasteiger partial charge is 0.248 e. The maximum absolute atomic E-state index is 13.7. The molecule has 2 aromatic rings. The highest BCUT2D eigenvalue weighted by Crippen LogP contribution is 2.40. The van der Waals surface area contributed by atoms with Crippen LogP contribution in [0, 0.1) is 5.41 Å². The first-order chi connectivity index (χ1) is 15.6. The third-order valence-corrected chi connectivity index (χ3v) is 6.26. The van der Waals surface area contributed by atoms with E-state index in [4.69, 9.17) is 0 Å². The highest BCUT2D eigenvalue weighted by molar-refractivity contribution is 5.90. The molecule has 2 fully saturated rings. The molecule has 2 amide bonds. The van der Waals surface area contributed by atoms with E-state index in [0.29, 0.717) is 11.7 Å². The van der Waals surface area contributed by atoms with Gasteiger partial charge in [0.25, 0.3) is 0 Å². The summed E-state index contributed by atoms with van der Waals surface area (Å²) in [7, 11) is 0. The molecule has 2 aromatic heterocycles. The normalized spacial score (nSPS) is 22.1. The molecule has 33 heavy (non-hydrogen) atoms. The molecule has 1 saturated carbocycles. The van der Waals surface area contributed by atoms with E-state index in [1.807, 2.05) is 40.8 Å². The van der Waals surface area contributed by atoms with E-state index in [0.717, 1.165) is 18.5 Å². The van der Waals surface area contributed by atoms with Crippen molar-refractivity contribution in [2.45, 2.75) is 90.6 Å². The molecular weight excluding hydrogens is 424 g/mol. The summed E-state index contributed by atoms with van der Waals surface area (Å²) in [4.78, 5) is 32.5. The van der Waals surface area contributed by atoms with Gasteiger partial charge >= 0.3 is 0 Å². The van der Waals surface area contributed by atoms with Crippen molar-refractivity contribution in [2.24, 2.45) is 5.41 Å². The lowest BCUT2D eigenvalue weighted by atomic mass is 9.85. The van der Waals surface area contributed by atoms with E-state index in [2.05, 4.69) is 25.7 Å². The van der Waals surface area contributed by atoms with Crippen molar-refractivity contribution in [1.29, 1.82) is 0 Å². The highest BCUT2D eigenvalue weighted by atomic mass is 16.3. The van der Waals surface area contributed by atoms with E-state index >= 15 is 0 Å². The third kappa shape index (κ3) is 4.92. The predicted octanol–water partition coefficient (Wildman–Crippen LogP) is 1.19. The fourth-order valence-electron chi connectivity index (χ4n) is 4.44. The van der Waals surface area contributed by atoms with Crippen molar-refractivity contribution in [3.05, 3.63) is 24.0 Å². The molecule has 11 nitrogen and oxygen atoms in total. The number of β-amino-alcohol motifs (C(OH)–C–C–N with tert-alkyl or cyclic N) is 1. The van der Waals surface area contributed by atoms with Crippen LogP contribution in [-0.2, 0) is 16.1 Å². The van der Waals surface area contributed by atoms with Crippen LogP contribution in [0.15, 0.2) is 12.5 Å². The second kappa shape index (κ2) is 8.85. The minimum Gasteiger partial charge on any atom is -0.391 e. The zero-order valence-corrected chi connectivity index (χ0v) is 20.0. The van der Waals surface area contributed by atoms with Gasteiger partial charge in [-0.05, 0) is 32.1 Å². The molecule has 11 heteroatoms. The standard InChI is InChI=1S/C22H34N8O3/c1-13(2)30-18(24-12-25-30)9-23-20(32)17-8-15(31)10-28(17)21(33)19(22(3,4)5)29-11-16(26-27-29)14-6-7-14/h11-15,17,19,31H,6-10H2,1-5H3,(H,23,32)/t15-,17+,19-/m1/s1. The van der Waals surface area contributed by atoms with E-state index in [9.17, 15) is 14.7 Å². The van der Waals surface area contributed by atoms with Gasteiger partial charge in [-0.15, -0.1) is 5.10 Å². The Bertz CT molecular complexity index is 1000. The predicted molar refractivity (Wildman–Crippen MR) is 119 cm³/mol. The van der Waals surface area contributed by atoms with Crippen LogP contribution in [-0.4, -0.2) is 70.3 Å². The number of nitrogens with one attached hydrogen (secondary N) is 1. The maximum Gasteiger partial charge on any atom is 0.248 e. The number of nitrogens with zero attached hydrogens (tertiary/aromatic N) is 7. The first-order valence-corrected chi connectivity index (χ1v) is 11.6. The zero-order valence-electron chi connectivity index (χ0n) is 20.0. The topological polar surface area (TPSA) is 131 Å². The summed E-state index contributed by atoms with van der Waals surface area (Å²) in [5.74, 6) is 0.506. The molecule has 2 aliphatic rings. The molecule has 0 spiro atoms. The summed E-state index contributed by atoms with van der Waals surface area (Å²) in [6, 6.07) is -1.29. The fourth-order valence-corrected chi connectivity index (χ4v) is 4.44. The van der Waals surface area contributed by atoms with Gasteiger partial charge < -0.3 is 15.3 Å². The number of hydrogen-bond acceptors (Lipinski definition) is 7. The molecule has 3 heterocycles. The highest BCUT2D eigenvalue weighted by Gasteiger charge is 2.45. The molecule has 0 bridgehead atoms. The Hall–Kier alpha value is -2.82. The van der Waals surface area contributed by atoms with Crippen LogP contribution in [0.5, 0.6) is 0 Å². The van der Waals surface area contributed by atoms with E-state index < -0.39 is 23.6 Å². The van der Waals surface area contributed by atoms with Crippen molar-refractivity contribution in [1.82, 2.24) is 40.0 Å². The van der Waals surface area contributed by atoms with Gasteiger partial charge in [0.15, 0.2) is 0 Å². The van der Waals surface area contributed by atoms with Crippen molar-refractivity contribution >= 4 is 11.8 Å². The Balaban J connectivity index is 1.51. The van der Waals surface area contributed by atoms with E-state index in [1.165, 1.54) is 11.2 Å². The van der Waals surface area contributed by atoms with Gasteiger partial charge in [0.1, 0.15) is 24.2 Å². The lowest BCUT2D eigenvalue weighted by Gasteiger charge is -2.34. The minimum atomic E-state index is -0.765. The minimum absolute atomic E-state index is 0.107. The maximum atomic E-state index is 13.7. The van der Waals surface area contributed by atoms with Crippen LogP contribution in [0.2, 0.25) is 0 Å². The van der Waals surface area contributed by atoms with Crippen LogP contribution < -0.4 is 5.32 Å². The van der Waals surface area contributed by atoms with E-state index in [1.54, 1.807) is 9.36 Å². The van der Waals surface area contributed by atoms with Crippen LogP contribution >= 0.6 is 0 Å². The lowest BCUT2D eigenvalue weighted by molar-refractivity contribution is -0.144.